The van der Waals surface area contributed by atoms with Gasteiger partial charge in [-0.3, -0.25) is 9.59 Å². The Morgan fingerprint density at radius 1 is 0.972 bits per heavy atom. The van der Waals surface area contributed by atoms with Gasteiger partial charge in [-0.2, -0.15) is 0 Å². The number of rotatable bonds is 7. The molecule has 2 unspecified atom stereocenters. The van der Waals surface area contributed by atoms with Gasteiger partial charge in [0.2, 0.25) is 5.91 Å². The molecule has 1 aliphatic heterocycles. The van der Waals surface area contributed by atoms with E-state index in [2.05, 4.69) is 56.4 Å². The molecule has 5 nitrogen and oxygen atoms in total. The summed E-state index contributed by atoms with van der Waals surface area (Å²) in [7, 11) is 0. The lowest BCUT2D eigenvalue weighted by atomic mass is 9.87. The average Bonchev–Trinajstić information content (AvgIpc) is 2.83. The third-order valence-electron chi connectivity index (χ3n) is 6.61. The summed E-state index contributed by atoms with van der Waals surface area (Å²) >= 11 is 0. The summed E-state index contributed by atoms with van der Waals surface area (Å²) in [6.45, 7) is 10.6. The number of ether oxygens (including phenoxy) is 1. The van der Waals surface area contributed by atoms with Crippen molar-refractivity contribution in [3.05, 3.63) is 94.5 Å². The first kappa shape index (κ1) is 25.5. The van der Waals surface area contributed by atoms with E-state index >= 15 is 0 Å². The maximum Gasteiger partial charge on any atom is 0.265 e. The van der Waals surface area contributed by atoms with Crippen LogP contribution in [0.2, 0.25) is 0 Å². The van der Waals surface area contributed by atoms with Crippen LogP contribution in [-0.4, -0.2) is 29.4 Å². The van der Waals surface area contributed by atoms with Crippen molar-refractivity contribution in [3.8, 4) is 5.75 Å². The number of anilines is 1. The van der Waals surface area contributed by atoms with Gasteiger partial charge in [0.25, 0.3) is 5.91 Å². The summed E-state index contributed by atoms with van der Waals surface area (Å²) in [6.07, 6.45) is 0.638. The maximum atomic E-state index is 13.3. The van der Waals surface area contributed by atoms with Crippen molar-refractivity contribution in [1.29, 1.82) is 0 Å². The highest BCUT2D eigenvalue weighted by molar-refractivity contribution is 5.94. The highest BCUT2D eigenvalue weighted by Gasteiger charge is 2.32. The Bertz CT molecular complexity index is 1230. The second-order valence-corrected chi connectivity index (χ2v) is 10.2. The van der Waals surface area contributed by atoms with Crippen LogP contribution in [-0.2, 0) is 16.0 Å². The standard InChI is InChI=1S/C31H36N2O3/c1-20(2)17-29(34)33-16-15-24-13-14-27(19-28(24)30(33)25-11-9-21(3)10-12-25)36-23(5)31(35)32-26-8-6-7-22(4)18-26/h6-14,18-20,23,30H,15-17H2,1-5H3,(H,32,35). The monoisotopic (exact) mass is 484 g/mol. The Morgan fingerprint density at radius 3 is 2.42 bits per heavy atom. The Morgan fingerprint density at radius 2 is 1.72 bits per heavy atom. The van der Waals surface area contributed by atoms with Crippen molar-refractivity contribution in [1.82, 2.24) is 4.90 Å². The van der Waals surface area contributed by atoms with Crippen LogP contribution in [0.1, 0.15) is 61.1 Å². The topological polar surface area (TPSA) is 58.6 Å². The van der Waals surface area contributed by atoms with E-state index in [0.29, 0.717) is 24.6 Å². The van der Waals surface area contributed by atoms with Crippen LogP contribution in [0.3, 0.4) is 0 Å². The summed E-state index contributed by atoms with van der Waals surface area (Å²) in [6, 6.07) is 21.9. The van der Waals surface area contributed by atoms with Crippen LogP contribution in [0.4, 0.5) is 5.69 Å². The molecule has 0 aliphatic carbocycles. The lowest BCUT2D eigenvalue weighted by Crippen LogP contribution is -2.41. The molecular weight excluding hydrogens is 448 g/mol. The van der Waals surface area contributed by atoms with Crippen molar-refractivity contribution >= 4 is 17.5 Å². The number of benzene rings is 3. The smallest absolute Gasteiger partial charge is 0.265 e. The molecule has 0 aromatic heterocycles. The number of aryl methyl sites for hydroxylation is 2. The Hall–Kier alpha value is -3.60. The molecule has 0 radical (unpaired) electrons. The minimum atomic E-state index is -0.677. The molecule has 0 spiro atoms. The van der Waals surface area contributed by atoms with Crippen LogP contribution in [0.15, 0.2) is 66.7 Å². The second-order valence-electron chi connectivity index (χ2n) is 10.2. The summed E-state index contributed by atoms with van der Waals surface area (Å²) in [5.74, 6) is 0.872. The molecule has 0 saturated heterocycles. The molecule has 1 N–H and O–H groups in total. The number of fused-ring (bicyclic) bond motifs is 1. The van der Waals surface area contributed by atoms with Gasteiger partial charge in [-0.25, -0.2) is 0 Å². The third kappa shape index (κ3) is 5.96. The molecule has 2 amide bonds. The van der Waals surface area contributed by atoms with Gasteiger partial charge in [-0.05, 0) is 79.6 Å². The highest BCUT2D eigenvalue weighted by Crippen LogP contribution is 2.38. The van der Waals surface area contributed by atoms with E-state index in [9.17, 15) is 9.59 Å². The summed E-state index contributed by atoms with van der Waals surface area (Å²) in [5.41, 5.74) is 6.36. The first-order valence-corrected chi connectivity index (χ1v) is 12.7. The number of nitrogens with zero attached hydrogens (tertiary/aromatic N) is 1. The Kier molecular flexibility index (Phi) is 7.78. The minimum absolute atomic E-state index is 0.165. The van der Waals surface area contributed by atoms with E-state index < -0.39 is 6.10 Å². The first-order chi connectivity index (χ1) is 17.2. The van der Waals surface area contributed by atoms with Gasteiger partial charge >= 0.3 is 0 Å². The van der Waals surface area contributed by atoms with Gasteiger partial charge in [-0.15, -0.1) is 0 Å². The SMILES string of the molecule is Cc1ccc(C2c3cc(OC(C)C(=O)Nc4cccc(C)c4)ccc3CCN2C(=O)CC(C)C)cc1. The maximum absolute atomic E-state index is 13.3. The quantitative estimate of drug-likeness (QED) is 0.432. The molecular formula is C31H36N2O3. The first-order valence-electron chi connectivity index (χ1n) is 12.7. The van der Waals surface area contributed by atoms with Crippen LogP contribution in [0.25, 0.3) is 0 Å². The molecule has 1 heterocycles. The van der Waals surface area contributed by atoms with Gasteiger partial charge in [0.1, 0.15) is 5.75 Å². The molecule has 2 atom stereocenters. The molecule has 36 heavy (non-hydrogen) atoms. The van der Waals surface area contributed by atoms with E-state index in [4.69, 9.17) is 4.74 Å². The predicted octanol–water partition coefficient (Wildman–Crippen LogP) is 6.23. The van der Waals surface area contributed by atoms with E-state index in [1.54, 1.807) is 6.92 Å². The number of nitrogens with one attached hydrogen (secondary N) is 1. The zero-order valence-electron chi connectivity index (χ0n) is 21.9. The zero-order chi connectivity index (χ0) is 25.8. The number of carbonyl (C=O) groups excluding carboxylic acids is 2. The van der Waals surface area contributed by atoms with Crippen molar-refractivity contribution in [3.63, 3.8) is 0 Å². The third-order valence-corrected chi connectivity index (χ3v) is 6.61. The fraction of sp³-hybridized carbons (Fsp3) is 0.355. The molecule has 1 aliphatic rings. The van der Waals surface area contributed by atoms with E-state index in [0.717, 1.165) is 28.8 Å². The lowest BCUT2D eigenvalue weighted by Gasteiger charge is -2.38. The Labute approximate surface area is 214 Å². The number of amides is 2. The normalized spacial score (nSPS) is 15.8. The highest BCUT2D eigenvalue weighted by atomic mass is 16.5. The molecule has 0 fully saturated rings. The molecule has 0 saturated carbocycles. The van der Waals surface area contributed by atoms with Crippen molar-refractivity contribution < 1.29 is 14.3 Å². The van der Waals surface area contributed by atoms with Gasteiger partial charge in [-0.1, -0.05) is 61.9 Å². The molecule has 3 aromatic carbocycles. The fourth-order valence-corrected chi connectivity index (χ4v) is 4.73. The van der Waals surface area contributed by atoms with Crippen molar-refractivity contribution in [2.45, 2.75) is 59.6 Å². The summed E-state index contributed by atoms with van der Waals surface area (Å²) < 4.78 is 6.09. The molecule has 0 bridgehead atoms. The molecule has 5 heteroatoms. The number of carbonyl (C=O) groups is 2. The molecule has 4 rings (SSSR count). The zero-order valence-corrected chi connectivity index (χ0v) is 21.9. The van der Waals surface area contributed by atoms with E-state index in [-0.39, 0.29) is 17.9 Å². The summed E-state index contributed by atoms with van der Waals surface area (Å²) in [4.78, 5) is 28.1. The van der Waals surface area contributed by atoms with E-state index in [1.807, 2.05) is 48.2 Å². The minimum Gasteiger partial charge on any atom is -0.481 e. The molecule has 188 valence electrons. The number of hydrogen-bond acceptors (Lipinski definition) is 3. The van der Waals surface area contributed by atoms with E-state index in [1.165, 1.54) is 11.1 Å². The van der Waals surface area contributed by atoms with Gasteiger partial charge in [0, 0.05) is 18.7 Å². The molecule has 3 aromatic rings. The van der Waals surface area contributed by atoms with Crippen LogP contribution in [0.5, 0.6) is 5.75 Å². The van der Waals surface area contributed by atoms with Crippen LogP contribution < -0.4 is 10.1 Å². The van der Waals surface area contributed by atoms with Crippen molar-refractivity contribution in [2.24, 2.45) is 5.92 Å². The largest absolute Gasteiger partial charge is 0.481 e. The summed E-state index contributed by atoms with van der Waals surface area (Å²) in [5, 5.41) is 2.93. The van der Waals surface area contributed by atoms with Gasteiger partial charge in [0.15, 0.2) is 6.10 Å². The Balaban J connectivity index is 1.60. The van der Waals surface area contributed by atoms with Crippen LogP contribution >= 0.6 is 0 Å². The van der Waals surface area contributed by atoms with Gasteiger partial charge < -0.3 is 15.0 Å². The average molecular weight is 485 g/mol. The predicted molar refractivity (Wildman–Crippen MR) is 144 cm³/mol. The number of hydrogen-bond donors (Lipinski definition) is 1. The van der Waals surface area contributed by atoms with Gasteiger partial charge in [0.05, 0.1) is 6.04 Å². The second kappa shape index (κ2) is 11.0. The van der Waals surface area contributed by atoms with Crippen molar-refractivity contribution in [2.75, 3.05) is 11.9 Å². The fourth-order valence-electron chi connectivity index (χ4n) is 4.73. The van der Waals surface area contributed by atoms with Crippen LogP contribution in [0, 0.1) is 19.8 Å². The lowest BCUT2D eigenvalue weighted by molar-refractivity contribution is -0.134.